The zero-order valence-corrected chi connectivity index (χ0v) is 22.3. The van der Waals surface area contributed by atoms with E-state index in [2.05, 4.69) is 20.8 Å². The molecule has 0 bridgehead atoms. The van der Waals surface area contributed by atoms with Gasteiger partial charge in [-0.05, 0) is 55.0 Å². The van der Waals surface area contributed by atoms with Gasteiger partial charge in [0.1, 0.15) is 17.3 Å². The van der Waals surface area contributed by atoms with E-state index < -0.39 is 17.7 Å². The predicted molar refractivity (Wildman–Crippen MR) is 139 cm³/mol. The van der Waals surface area contributed by atoms with Crippen molar-refractivity contribution in [3.05, 3.63) is 64.7 Å². The van der Waals surface area contributed by atoms with Crippen LogP contribution >= 0.6 is 0 Å². The summed E-state index contributed by atoms with van der Waals surface area (Å²) in [6.07, 6.45) is 0.631. The van der Waals surface area contributed by atoms with Crippen LogP contribution in [-0.2, 0) is 19.7 Å². The van der Waals surface area contributed by atoms with Crippen molar-refractivity contribution < 1.29 is 28.9 Å². The molecule has 1 aliphatic heterocycles. The normalized spacial score (nSPS) is 17.7. The quantitative estimate of drug-likeness (QED) is 0.222. The molecule has 1 aliphatic rings. The molecular formula is C29H37NO6. The number of carbonyl (C=O) groups is 2. The molecule has 2 aromatic carbocycles. The monoisotopic (exact) mass is 495 g/mol. The van der Waals surface area contributed by atoms with Crippen molar-refractivity contribution in [2.24, 2.45) is 0 Å². The number of aliphatic hydroxyl groups excluding tert-OH is 1. The van der Waals surface area contributed by atoms with Crippen LogP contribution in [0.15, 0.2) is 48.0 Å². The fraction of sp³-hybridized carbons (Fsp3) is 0.448. The minimum absolute atomic E-state index is 0.0276. The van der Waals surface area contributed by atoms with E-state index in [1.54, 1.807) is 18.2 Å². The van der Waals surface area contributed by atoms with Gasteiger partial charge in [-0.3, -0.25) is 9.59 Å². The van der Waals surface area contributed by atoms with E-state index in [1.165, 1.54) is 19.1 Å². The Kier molecular flexibility index (Phi) is 8.46. The van der Waals surface area contributed by atoms with Crippen molar-refractivity contribution in [3.8, 4) is 11.5 Å². The van der Waals surface area contributed by atoms with Crippen LogP contribution in [0.5, 0.6) is 11.5 Å². The van der Waals surface area contributed by atoms with Gasteiger partial charge in [0, 0.05) is 13.2 Å². The second kappa shape index (κ2) is 11.2. The smallest absolute Gasteiger partial charge is 0.295 e. The largest absolute Gasteiger partial charge is 0.507 e. The highest BCUT2D eigenvalue weighted by atomic mass is 16.5. The molecule has 194 valence electrons. The average molecular weight is 496 g/mol. The number of rotatable bonds is 9. The SMILES string of the molecule is COc1ccc(OC)c(/C(O)=C2\C(=O)C(=O)N(CCCOC(C)C)C2c2ccc(C(C)(C)C)cc2)c1. The van der Waals surface area contributed by atoms with Crippen LogP contribution in [0, 0.1) is 0 Å². The number of benzene rings is 2. The third-order valence-electron chi connectivity index (χ3n) is 6.29. The molecule has 0 saturated carbocycles. The first-order valence-electron chi connectivity index (χ1n) is 12.2. The fourth-order valence-corrected chi connectivity index (χ4v) is 4.32. The van der Waals surface area contributed by atoms with Crippen molar-refractivity contribution in [3.63, 3.8) is 0 Å². The molecule has 1 unspecified atom stereocenters. The lowest BCUT2D eigenvalue weighted by Crippen LogP contribution is -2.31. The maximum Gasteiger partial charge on any atom is 0.295 e. The molecule has 7 heteroatoms. The van der Waals surface area contributed by atoms with E-state index in [4.69, 9.17) is 14.2 Å². The first-order chi connectivity index (χ1) is 17.0. The topological polar surface area (TPSA) is 85.3 Å². The van der Waals surface area contributed by atoms with E-state index in [1.807, 2.05) is 38.1 Å². The predicted octanol–water partition coefficient (Wildman–Crippen LogP) is 5.24. The first kappa shape index (κ1) is 27.3. The van der Waals surface area contributed by atoms with E-state index in [0.717, 1.165) is 11.1 Å². The Morgan fingerprint density at radius 3 is 2.25 bits per heavy atom. The number of carbonyl (C=O) groups excluding carboxylic acids is 2. The zero-order valence-electron chi connectivity index (χ0n) is 22.3. The fourth-order valence-electron chi connectivity index (χ4n) is 4.32. The lowest BCUT2D eigenvalue weighted by atomic mass is 9.85. The number of hydrogen-bond donors (Lipinski definition) is 1. The molecule has 1 heterocycles. The van der Waals surface area contributed by atoms with Gasteiger partial charge in [-0.1, -0.05) is 45.0 Å². The molecule has 1 fully saturated rings. The Morgan fingerprint density at radius 2 is 1.69 bits per heavy atom. The molecule has 7 nitrogen and oxygen atoms in total. The van der Waals surface area contributed by atoms with Crippen molar-refractivity contribution in [2.75, 3.05) is 27.4 Å². The number of amides is 1. The molecule has 0 radical (unpaired) electrons. The van der Waals surface area contributed by atoms with E-state index in [0.29, 0.717) is 31.1 Å². The highest BCUT2D eigenvalue weighted by Crippen LogP contribution is 2.42. The minimum atomic E-state index is -0.742. The van der Waals surface area contributed by atoms with Crippen LogP contribution in [0.25, 0.3) is 5.76 Å². The molecule has 1 N–H and O–H groups in total. The van der Waals surface area contributed by atoms with Crippen LogP contribution in [0.4, 0.5) is 0 Å². The van der Waals surface area contributed by atoms with Crippen LogP contribution < -0.4 is 9.47 Å². The van der Waals surface area contributed by atoms with Crippen LogP contribution in [0.3, 0.4) is 0 Å². The molecule has 2 aromatic rings. The maximum absolute atomic E-state index is 13.3. The summed E-state index contributed by atoms with van der Waals surface area (Å²) in [5.41, 5.74) is 2.13. The van der Waals surface area contributed by atoms with Gasteiger partial charge in [0.15, 0.2) is 0 Å². The maximum atomic E-state index is 13.3. The number of likely N-dealkylation sites (tertiary alicyclic amines) is 1. The Labute approximate surface area is 213 Å². The number of ketones is 1. The zero-order chi connectivity index (χ0) is 26.6. The van der Waals surface area contributed by atoms with Crippen molar-refractivity contribution in [2.45, 2.75) is 58.6 Å². The summed E-state index contributed by atoms with van der Waals surface area (Å²) in [7, 11) is 3.00. The van der Waals surface area contributed by atoms with Gasteiger partial charge in [-0.2, -0.15) is 0 Å². The summed E-state index contributed by atoms with van der Waals surface area (Å²) in [4.78, 5) is 28.0. The number of hydrogen-bond acceptors (Lipinski definition) is 6. The summed E-state index contributed by atoms with van der Waals surface area (Å²) in [6.45, 7) is 11.0. The van der Waals surface area contributed by atoms with Gasteiger partial charge >= 0.3 is 0 Å². The van der Waals surface area contributed by atoms with Crippen molar-refractivity contribution in [1.82, 2.24) is 4.90 Å². The third-order valence-corrected chi connectivity index (χ3v) is 6.29. The summed E-state index contributed by atoms with van der Waals surface area (Å²) in [5.74, 6) is -0.815. The summed E-state index contributed by atoms with van der Waals surface area (Å²) < 4.78 is 16.4. The van der Waals surface area contributed by atoms with E-state index in [-0.39, 0.29) is 28.4 Å². The number of ether oxygens (including phenoxy) is 3. The molecule has 3 rings (SSSR count). The minimum Gasteiger partial charge on any atom is -0.507 e. The molecule has 0 aliphatic carbocycles. The number of Topliss-reactive ketones (excluding diaryl/α,β-unsaturated/α-hetero) is 1. The summed E-state index contributed by atoms with van der Waals surface area (Å²) in [6, 6.07) is 12.1. The Balaban J connectivity index is 2.13. The second-order valence-corrected chi connectivity index (χ2v) is 10.2. The van der Waals surface area contributed by atoms with Gasteiger partial charge < -0.3 is 24.2 Å². The van der Waals surface area contributed by atoms with Gasteiger partial charge in [-0.25, -0.2) is 0 Å². The second-order valence-electron chi connectivity index (χ2n) is 10.2. The lowest BCUT2D eigenvalue weighted by molar-refractivity contribution is -0.140. The molecule has 36 heavy (non-hydrogen) atoms. The Morgan fingerprint density at radius 1 is 1.03 bits per heavy atom. The Bertz CT molecular complexity index is 1130. The van der Waals surface area contributed by atoms with Crippen molar-refractivity contribution in [1.29, 1.82) is 0 Å². The third kappa shape index (κ3) is 5.73. The van der Waals surface area contributed by atoms with Gasteiger partial charge in [-0.15, -0.1) is 0 Å². The Hall–Kier alpha value is -3.32. The summed E-state index contributed by atoms with van der Waals surface area (Å²) >= 11 is 0. The first-order valence-corrected chi connectivity index (χ1v) is 12.2. The van der Waals surface area contributed by atoms with E-state index >= 15 is 0 Å². The average Bonchev–Trinajstić information content (AvgIpc) is 3.10. The molecule has 0 spiro atoms. The molecular weight excluding hydrogens is 458 g/mol. The molecule has 1 amide bonds. The van der Waals surface area contributed by atoms with E-state index in [9.17, 15) is 14.7 Å². The molecule has 1 atom stereocenters. The standard InChI is InChI=1S/C29H37NO6/c1-18(2)36-16-8-15-30-25(19-9-11-20(12-10-19)29(3,4)5)24(27(32)28(30)33)26(31)22-17-21(34-6)13-14-23(22)35-7/h9-14,17-18,25,31H,8,15-16H2,1-7H3/b26-24+. The van der Waals surface area contributed by atoms with Crippen LogP contribution in [0.2, 0.25) is 0 Å². The van der Waals surface area contributed by atoms with Gasteiger partial charge in [0.25, 0.3) is 11.7 Å². The number of aliphatic hydroxyl groups is 1. The summed E-state index contributed by atoms with van der Waals surface area (Å²) in [5, 5.41) is 11.4. The lowest BCUT2D eigenvalue weighted by Gasteiger charge is -2.27. The highest BCUT2D eigenvalue weighted by molar-refractivity contribution is 6.46. The van der Waals surface area contributed by atoms with Crippen molar-refractivity contribution >= 4 is 17.4 Å². The number of methoxy groups -OCH3 is 2. The van der Waals surface area contributed by atoms with Gasteiger partial charge in [0.05, 0.1) is 37.5 Å². The van der Waals surface area contributed by atoms with Crippen LogP contribution in [0.1, 0.15) is 63.8 Å². The number of nitrogens with zero attached hydrogens (tertiary/aromatic N) is 1. The molecule has 0 aromatic heterocycles. The van der Waals surface area contributed by atoms with Crippen LogP contribution in [-0.4, -0.2) is 55.2 Å². The highest BCUT2D eigenvalue weighted by Gasteiger charge is 2.46. The molecule has 1 saturated heterocycles. The van der Waals surface area contributed by atoms with Gasteiger partial charge in [0.2, 0.25) is 0 Å².